The number of carbonyl (C=O) groups excluding carboxylic acids is 2. The summed E-state index contributed by atoms with van der Waals surface area (Å²) in [4.78, 5) is 28.1. The van der Waals surface area contributed by atoms with E-state index in [1.807, 2.05) is 51.1 Å². The van der Waals surface area contributed by atoms with Gasteiger partial charge in [0, 0.05) is 31.6 Å². The third kappa shape index (κ3) is 4.35. The van der Waals surface area contributed by atoms with Crippen LogP contribution in [0.15, 0.2) is 30.3 Å². The summed E-state index contributed by atoms with van der Waals surface area (Å²) in [5.74, 6) is 0.153. The molecule has 7 heteroatoms. The molecule has 27 heavy (non-hydrogen) atoms. The van der Waals surface area contributed by atoms with Gasteiger partial charge in [0.05, 0.1) is 0 Å². The van der Waals surface area contributed by atoms with Crippen LogP contribution >= 0.6 is 0 Å². The molecule has 1 unspecified atom stereocenters. The van der Waals surface area contributed by atoms with Crippen molar-refractivity contribution in [1.29, 1.82) is 0 Å². The van der Waals surface area contributed by atoms with Crippen molar-refractivity contribution in [1.82, 2.24) is 9.80 Å². The standard InChI is InChI=1S/C20H29N3O4/c1-19(2,3)27-18(25)23-13-20(14-23)12-22(10-16(20)9-21)17(24)26-11-15-7-5-4-6-8-15/h4-8,16H,9-14,21H2,1-3H3. The maximum Gasteiger partial charge on any atom is 0.410 e. The summed E-state index contributed by atoms with van der Waals surface area (Å²) in [5.41, 5.74) is 6.24. The molecule has 2 fully saturated rings. The SMILES string of the molecule is CC(C)(C)OC(=O)N1CC2(CN(C(=O)OCc3ccccc3)CC2CN)C1. The number of hydrogen-bond donors (Lipinski definition) is 1. The molecule has 2 aliphatic heterocycles. The molecule has 0 saturated carbocycles. The Labute approximate surface area is 160 Å². The van der Waals surface area contributed by atoms with Crippen molar-refractivity contribution in [3.8, 4) is 0 Å². The van der Waals surface area contributed by atoms with E-state index >= 15 is 0 Å². The van der Waals surface area contributed by atoms with Gasteiger partial charge >= 0.3 is 12.2 Å². The molecule has 0 aliphatic carbocycles. The zero-order valence-corrected chi connectivity index (χ0v) is 16.3. The number of rotatable bonds is 3. The number of nitrogens with zero attached hydrogens (tertiary/aromatic N) is 2. The van der Waals surface area contributed by atoms with E-state index in [1.54, 1.807) is 9.80 Å². The lowest BCUT2D eigenvalue weighted by molar-refractivity contribution is -0.0439. The van der Waals surface area contributed by atoms with Gasteiger partial charge in [-0.2, -0.15) is 0 Å². The smallest absolute Gasteiger partial charge is 0.410 e. The summed E-state index contributed by atoms with van der Waals surface area (Å²) in [6.07, 6.45) is -0.640. The Hall–Kier alpha value is -2.28. The first kappa shape index (κ1) is 19.5. The fourth-order valence-electron chi connectivity index (χ4n) is 3.84. The molecule has 7 nitrogen and oxygen atoms in total. The van der Waals surface area contributed by atoms with Gasteiger partial charge in [-0.25, -0.2) is 9.59 Å². The third-order valence-electron chi connectivity index (χ3n) is 5.22. The maximum atomic E-state index is 12.5. The molecule has 2 saturated heterocycles. The topological polar surface area (TPSA) is 85.1 Å². The Kier molecular flexibility index (Phi) is 5.33. The van der Waals surface area contributed by atoms with Crippen LogP contribution in [0.2, 0.25) is 0 Å². The molecular weight excluding hydrogens is 346 g/mol. The van der Waals surface area contributed by atoms with E-state index in [0.29, 0.717) is 32.7 Å². The quantitative estimate of drug-likeness (QED) is 0.877. The second-order valence-corrected chi connectivity index (χ2v) is 8.55. The minimum atomic E-state index is -0.518. The minimum absolute atomic E-state index is 0.153. The Balaban J connectivity index is 1.55. The van der Waals surface area contributed by atoms with E-state index in [2.05, 4.69) is 0 Å². The van der Waals surface area contributed by atoms with Crippen LogP contribution in [0.3, 0.4) is 0 Å². The number of benzene rings is 1. The van der Waals surface area contributed by atoms with Crippen LogP contribution in [0.4, 0.5) is 9.59 Å². The molecule has 3 rings (SSSR count). The average Bonchev–Trinajstić information content (AvgIpc) is 2.98. The zero-order chi connectivity index (χ0) is 19.7. The number of nitrogens with two attached hydrogens (primary N) is 1. The predicted octanol–water partition coefficient (Wildman–Crippen LogP) is 2.45. The second-order valence-electron chi connectivity index (χ2n) is 8.55. The molecule has 2 aliphatic rings. The molecule has 1 aromatic carbocycles. The lowest BCUT2D eigenvalue weighted by Crippen LogP contribution is -2.63. The van der Waals surface area contributed by atoms with Crippen LogP contribution in [-0.2, 0) is 16.1 Å². The maximum absolute atomic E-state index is 12.5. The van der Waals surface area contributed by atoms with Crippen LogP contribution in [0.25, 0.3) is 0 Å². The van der Waals surface area contributed by atoms with Gasteiger partial charge in [-0.1, -0.05) is 30.3 Å². The van der Waals surface area contributed by atoms with E-state index < -0.39 is 5.60 Å². The molecule has 2 heterocycles. The van der Waals surface area contributed by atoms with Crippen LogP contribution in [-0.4, -0.2) is 60.3 Å². The first-order valence-electron chi connectivity index (χ1n) is 9.36. The van der Waals surface area contributed by atoms with Crippen LogP contribution < -0.4 is 5.73 Å². The number of likely N-dealkylation sites (tertiary alicyclic amines) is 2. The first-order chi connectivity index (χ1) is 12.7. The van der Waals surface area contributed by atoms with Crippen molar-refractivity contribution in [2.24, 2.45) is 17.1 Å². The van der Waals surface area contributed by atoms with Crippen LogP contribution in [0.1, 0.15) is 26.3 Å². The van der Waals surface area contributed by atoms with Crippen LogP contribution in [0.5, 0.6) is 0 Å². The van der Waals surface area contributed by atoms with Crippen molar-refractivity contribution in [2.75, 3.05) is 32.7 Å². The summed E-state index contributed by atoms with van der Waals surface area (Å²) in [6, 6.07) is 9.60. The number of ether oxygens (including phenoxy) is 2. The van der Waals surface area contributed by atoms with Crippen molar-refractivity contribution in [2.45, 2.75) is 33.0 Å². The molecule has 1 atom stereocenters. The highest BCUT2D eigenvalue weighted by Gasteiger charge is 2.56. The Bertz CT molecular complexity index is 680. The largest absolute Gasteiger partial charge is 0.445 e. The molecule has 1 spiro atoms. The van der Waals surface area contributed by atoms with E-state index in [9.17, 15) is 9.59 Å². The molecule has 1 aromatic rings. The van der Waals surface area contributed by atoms with E-state index in [1.165, 1.54) is 0 Å². The van der Waals surface area contributed by atoms with Gasteiger partial charge in [-0.05, 0) is 38.8 Å². The van der Waals surface area contributed by atoms with Gasteiger partial charge in [0.2, 0.25) is 0 Å². The van der Waals surface area contributed by atoms with E-state index in [4.69, 9.17) is 15.2 Å². The number of amides is 2. The van der Waals surface area contributed by atoms with Crippen molar-refractivity contribution in [3.63, 3.8) is 0 Å². The van der Waals surface area contributed by atoms with Crippen LogP contribution in [0, 0.1) is 11.3 Å². The van der Waals surface area contributed by atoms with Gasteiger partial charge in [0.25, 0.3) is 0 Å². The lowest BCUT2D eigenvalue weighted by Gasteiger charge is -2.50. The fourth-order valence-corrected chi connectivity index (χ4v) is 3.84. The molecule has 0 radical (unpaired) electrons. The summed E-state index contributed by atoms with van der Waals surface area (Å²) in [5, 5.41) is 0. The second kappa shape index (κ2) is 7.38. The lowest BCUT2D eigenvalue weighted by atomic mass is 9.72. The Morgan fingerprint density at radius 2 is 1.74 bits per heavy atom. The highest BCUT2D eigenvalue weighted by atomic mass is 16.6. The van der Waals surface area contributed by atoms with Gasteiger partial charge < -0.3 is 25.0 Å². The fraction of sp³-hybridized carbons (Fsp3) is 0.600. The molecule has 148 valence electrons. The average molecular weight is 375 g/mol. The molecule has 2 amide bonds. The molecular formula is C20H29N3O4. The third-order valence-corrected chi connectivity index (χ3v) is 5.22. The minimum Gasteiger partial charge on any atom is -0.445 e. The summed E-state index contributed by atoms with van der Waals surface area (Å²) in [6.45, 7) is 8.52. The summed E-state index contributed by atoms with van der Waals surface area (Å²) >= 11 is 0. The van der Waals surface area contributed by atoms with Crippen molar-refractivity contribution >= 4 is 12.2 Å². The Morgan fingerprint density at radius 1 is 1.11 bits per heavy atom. The molecule has 2 N–H and O–H groups in total. The Morgan fingerprint density at radius 3 is 2.33 bits per heavy atom. The van der Waals surface area contributed by atoms with Crippen molar-refractivity contribution < 1.29 is 19.1 Å². The summed E-state index contributed by atoms with van der Waals surface area (Å²) < 4.78 is 10.9. The van der Waals surface area contributed by atoms with Gasteiger partial charge in [0.15, 0.2) is 0 Å². The number of carbonyl (C=O) groups is 2. The summed E-state index contributed by atoms with van der Waals surface area (Å²) in [7, 11) is 0. The van der Waals surface area contributed by atoms with Crippen molar-refractivity contribution in [3.05, 3.63) is 35.9 Å². The van der Waals surface area contributed by atoms with E-state index in [-0.39, 0.29) is 30.1 Å². The highest BCUT2D eigenvalue weighted by molar-refractivity contribution is 5.71. The normalized spacial score (nSPS) is 21.1. The monoisotopic (exact) mass is 375 g/mol. The highest BCUT2D eigenvalue weighted by Crippen LogP contribution is 2.44. The van der Waals surface area contributed by atoms with Gasteiger partial charge in [-0.15, -0.1) is 0 Å². The zero-order valence-electron chi connectivity index (χ0n) is 16.3. The number of hydrogen-bond acceptors (Lipinski definition) is 5. The molecule has 0 aromatic heterocycles. The van der Waals surface area contributed by atoms with Gasteiger partial charge in [-0.3, -0.25) is 0 Å². The first-order valence-corrected chi connectivity index (χ1v) is 9.36. The molecule has 0 bridgehead atoms. The van der Waals surface area contributed by atoms with E-state index in [0.717, 1.165) is 5.56 Å². The predicted molar refractivity (Wildman–Crippen MR) is 101 cm³/mol. The van der Waals surface area contributed by atoms with Gasteiger partial charge in [0.1, 0.15) is 12.2 Å².